The van der Waals surface area contributed by atoms with Crippen molar-refractivity contribution in [3.05, 3.63) is 0 Å². The van der Waals surface area contributed by atoms with E-state index in [-0.39, 0.29) is 10.7 Å². The van der Waals surface area contributed by atoms with Gasteiger partial charge in [0.15, 0.2) is 9.84 Å². The lowest BCUT2D eigenvalue weighted by atomic mass is 9.84. The molecule has 1 atom stereocenters. The molecule has 0 spiro atoms. The van der Waals surface area contributed by atoms with Crippen LogP contribution in [0.2, 0.25) is 0 Å². The van der Waals surface area contributed by atoms with Crippen LogP contribution in [0.4, 0.5) is 0 Å². The zero-order valence-corrected chi connectivity index (χ0v) is 12.4. The molecule has 0 heterocycles. The minimum atomic E-state index is -2.89. The summed E-state index contributed by atoms with van der Waals surface area (Å²) in [6.45, 7) is 8.82. The molecule has 1 aliphatic carbocycles. The molecule has 0 aromatic heterocycles. The summed E-state index contributed by atoms with van der Waals surface area (Å²) in [5, 5.41) is 3.27. The van der Waals surface area contributed by atoms with Gasteiger partial charge in [-0.1, -0.05) is 13.8 Å². The normalized spacial score (nSPS) is 20.5. The highest BCUT2D eigenvalue weighted by Gasteiger charge is 2.29. The highest BCUT2D eigenvalue weighted by molar-refractivity contribution is 7.91. The molecule has 0 bridgehead atoms. The fraction of sp³-hybridized carbons (Fsp3) is 1.00. The van der Waals surface area contributed by atoms with E-state index in [2.05, 4.69) is 19.2 Å². The number of sulfone groups is 1. The highest BCUT2D eigenvalue weighted by Crippen LogP contribution is 2.28. The van der Waals surface area contributed by atoms with Gasteiger partial charge in [0.2, 0.25) is 0 Å². The van der Waals surface area contributed by atoms with Gasteiger partial charge in [0.1, 0.15) is 0 Å². The van der Waals surface area contributed by atoms with Crippen LogP contribution in [0.3, 0.4) is 0 Å². The van der Waals surface area contributed by atoms with Gasteiger partial charge in [0.25, 0.3) is 0 Å². The van der Waals surface area contributed by atoms with E-state index in [9.17, 15) is 8.42 Å². The van der Waals surface area contributed by atoms with Gasteiger partial charge >= 0.3 is 0 Å². The fourth-order valence-electron chi connectivity index (χ4n) is 1.69. The van der Waals surface area contributed by atoms with Crippen molar-refractivity contribution in [2.24, 2.45) is 5.41 Å². The van der Waals surface area contributed by atoms with Gasteiger partial charge in [0, 0.05) is 12.6 Å². The Morgan fingerprint density at radius 1 is 1.35 bits per heavy atom. The van der Waals surface area contributed by atoms with Crippen molar-refractivity contribution in [1.82, 2.24) is 5.32 Å². The molecule has 0 aliphatic heterocycles. The summed E-state index contributed by atoms with van der Waals surface area (Å²) in [5.41, 5.74) is 0.116. The largest absolute Gasteiger partial charge is 0.313 e. The van der Waals surface area contributed by atoms with E-state index in [4.69, 9.17) is 0 Å². The minimum Gasteiger partial charge on any atom is -0.313 e. The SMILES string of the molecule is CCC(C)(CCS(=O)(=O)C(C)C)CNC1CC1. The average molecular weight is 261 g/mol. The maximum absolute atomic E-state index is 11.8. The molecule has 1 rings (SSSR count). The van der Waals surface area contributed by atoms with Crippen molar-refractivity contribution in [2.75, 3.05) is 12.3 Å². The van der Waals surface area contributed by atoms with Crippen molar-refractivity contribution in [3.63, 3.8) is 0 Å². The predicted octanol–water partition coefficient (Wildman–Crippen LogP) is 2.37. The van der Waals surface area contributed by atoms with Crippen molar-refractivity contribution >= 4 is 9.84 Å². The summed E-state index contributed by atoms with van der Waals surface area (Å²) >= 11 is 0. The smallest absolute Gasteiger partial charge is 0.152 e. The first-order chi connectivity index (χ1) is 7.79. The Morgan fingerprint density at radius 3 is 2.35 bits per heavy atom. The van der Waals surface area contributed by atoms with Crippen LogP contribution < -0.4 is 5.32 Å². The molecule has 102 valence electrons. The second kappa shape index (κ2) is 5.70. The topological polar surface area (TPSA) is 46.2 Å². The quantitative estimate of drug-likeness (QED) is 0.729. The van der Waals surface area contributed by atoms with E-state index in [1.165, 1.54) is 12.8 Å². The second-order valence-electron chi connectivity index (χ2n) is 5.99. The summed E-state index contributed by atoms with van der Waals surface area (Å²) in [7, 11) is -2.89. The molecule has 0 radical (unpaired) electrons. The van der Waals surface area contributed by atoms with Gasteiger partial charge in [-0.25, -0.2) is 8.42 Å². The van der Waals surface area contributed by atoms with E-state index in [1.54, 1.807) is 13.8 Å². The highest BCUT2D eigenvalue weighted by atomic mass is 32.2. The maximum Gasteiger partial charge on any atom is 0.152 e. The summed E-state index contributed by atoms with van der Waals surface area (Å²) in [6.07, 6.45) is 4.36. The van der Waals surface area contributed by atoms with Crippen LogP contribution in [0.15, 0.2) is 0 Å². The van der Waals surface area contributed by atoms with Gasteiger partial charge < -0.3 is 5.32 Å². The molecule has 1 fully saturated rings. The molecule has 0 amide bonds. The molecule has 1 unspecified atom stereocenters. The van der Waals surface area contributed by atoms with Gasteiger partial charge in [-0.15, -0.1) is 0 Å². The van der Waals surface area contributed by atoms with Crippen molar-refractivity contribution in [3.8, 4) is 0 Å². The predicted molar refractivity (Wildman–Crippen MR) is 73.0 cm³/mol. The monoisotopic (exact) mass is 261 g/mol. The van der Waals surface area contributed by atoms with Crippen LogP contribution in [0.25, 0.3) is 0 Å². The zero-order valence-electron chi connectivity index (χ0n) is 11.6. The lowest BCUT2D eigenvalue weighted by Gasteiger charge is -2.29. The van der Waals surface area contributed by atoms with E-state index < -0.39 is 9.84 Å². The van der Waals surface area contributed by atoms with Crippen molar-refractivity contribution in [2.45, 2.75) is 64.7 Å². The van der Waals surface area contributed by atoms with Gasteiger partial charge in [-0.05, 0) is 44.9 Å². The van der Waals surface area contributed by atoms with Crippen LogP contribution >= 0.6 is 0 Å². The molecule has 4 heteroatoms. The van der Waals surface area contributed by atoms with Crippen molar-refractivity contribution < 1.29 is 8.42 Å². The number of hydrogen-bond acceptors (Lipinski definition) is 3. The molecule has 1 aliphatic rings. The fourth-order valence-corrected chi connectivity index (χ4v) is 2.94. The van der Waals surface area contributed by atoms with Crippen molar-refractivity contribution in [1.29, 1.82) is 0 Å². The molecule has 0 aromatic rings. The molecule has 0 aromatic carbocycles. The lowest BCUT2D eigenvalue weighted by Crippen LogP contribution is -2.35. The van der Waals surface area contributed by atoms with Crippen LogP contribution in [0.1, 0.15) is 53.4 Å². The minimum absolute atomic E-state index is 0.116. The van der Waals surface area contributed by atoms with Crippen LogP contribution in [0, 0.1) is 5.41 Å². The number of nitrogens with one attached hydrogen (secondary N) is 1. The van der Waals surface area contributed by atoms with E-state index in [0.29, 0.717) is 11.8 Å². The summed E-state index contributed by atoms with van der Waals surface area (Å²) in [5.74, 6) is 0.321. The standard InChI is InChI=1S/C13H27NO2S/c1-5-13(4,10-14-12-6-7-12)8-9-17(15,16)11(2)3/h11-12,14H,5-10H2,1-4H3. The Kier molecular flexibility index (Phi) is 5.02. The molecule has 17 heavy (non-hydrogen) atoms. The second-order valence-corrected chi connectivity index (χ2v) is 8.66. The maximum atomic E-state index is 11.8. The molecule has 1 saturated carbocycles. The first-order valence-electron chi connectivity index (χ1n) is 6.74. The summed E-state index contributed by atoms with van der Waals surface area (Å²) in [4.78, 5) is 0. The molecule has 1 N–H and O–H groups in total. The molecule has 3 nitrogen and oxygen atoms in total. The molecular weight excluding hydrogens is 234 g/mol. The zero-order chi connectivity index (χ0) is 13.1. The summed E-state index contributed by atoms with van der Waals surface area (Å²) < 4.78 is 23.6. The third-order valence-electron chi connectivity index (χ3n) is 3.96. The van der Waals surface area contributed by atoms with Crippen LogP contribution in [-0.2, 0) is 9.84 Å². The van der Waals surface area contributed by atoms with Gasteiger partial charge in [-0.3, -0.25) is 0 Å². The average Bonchev–Trinajstić information content (AvgIpc) is 3.07. The lowest BCUT2D eigenvalue weighted by molar-refractivity contribution is 0.281. The summed E-state index contributed by atoms with van der Waals surface area (Å²) in [6, 6.07) is 0.697. The number of rotatable bonds is 8. The Balaban J connectivity index is 2.44. The van der Waals surface area contributed by atoms with E-state index in [1.807, 2.05) is 0 Å². The third-order valence-corrected chi connectivity index (χ3v) is 6.17. The first kappa shape index (κ1) is 15.0. The van der Waals surface area contributed by atoms with Gasteiger partial charge in [0.05, 0.1) is 11.0 Å². The van der Waals surface area contributed by atoms with E-state index in [0.717, 1.165) is 19.4 Å². The van der Waals surface area contributed by atoms with Crippen LogP contribution in [-0.4, -0.2) is 32.0 Å². The molecular formula is C13H27NO2S. The Labute approximate surface area is 106 Å². The molecule has 0 saturated heterocycles. The third kappa shape index (κ3) is 4.96. The first-order valence-corrected chi connectivity index (χ1v) is 8.45. The number of hydrogen-bond donors (Lipinski definition) is 1. The Morgan fingerprint density at radius 2 is 1.94 bits per heavy atom. The Hall–Kier alpha value is -0.0900. The Bertz CT molecular complexity index is 333. The van der Waals surface area contributed by atoms with E-state index >= 15 is 0 Å². The van der Waals surface area contributed by atoms with Gasteiger partial charge in [-0.2, -0.15) is 0 Å². The van der Waals surface area contributed by atoms with Crippen LogP contribution in [0.5, 0.6) is 0 Å².